The summed E-state index contributed by atoms with van der Waals surface area (Å²) >= 11 is 5.24. The highest BCUT2D eigenvalue weighted by molar-refractivity contribution is 6.30. The van der Waals surface area contributed by atoms with Gasteiger partial charge in [0.25, 0.3) is 0 Å². The average Bonchev–Trinajstić information content (AvgIpc) is 2.07. The van der Waals surface area contributed by atoms with E-state index in [2.05, 4.69) is 10.0 Å². The first-order valence-corrected chi connectivity index (χ1v) is 3.23. The predicted molar refractivity (Wildman–Crippen MR) is 40.2 cm³/mol. The number of halogens is 3. The van der Waals surface area contributed by atoms with Gasteiger partial charge < -0.3 is 0 Å². The third kappa shape index (κ3) is 1.47. The maximum absolute atomic E-state index is 12.7. The molecule has 6 heteroatoms. The third-order valence-corrected chi connectivity index (χ3v) is 1.46. The quantitative estimate of drug-likeness (QED) is 0.281. The van der Waals surface area contributed by atoms with E-state index in [4.69, 9.17) is 17.1 Å². The summed E-state index contributed by atoms with van der Waals surface area (Å²) in [5, 5.41) is 2.57. The van der Waals surface area contributed by atoms with Gasteiger partial charge in [0.2, 0.25) is 0 Å². The number of azide groups is 1. The molecule has 12 heavy (non-hydrogen) atoms. The van der Waals surface area contributed by atoms with Gasteiger partial charge in [0, 0.05) is 4.91 Å². The zero-order valence-electron chi connectivity index (χ0n) is 5.63. The molecule has 0 spiro atoms. The van der Waals surface area contributed by atoms with Gasteiger partial charge in [0.1, 0.15) is 0 Å². The molecule has 0 fully saturated rings. The third-order valence-electron chi connectivity index (χ3n) is 1.17. The van der Waals surface area contributed by atoms with Gasteiger partial charge in [0.15, 0.2) is 11.6 Å². The predicted octanol–water partition coefficient (Wildman–Crippen LogP) is 3.56. The lowest BCUT2D eigenvalue weighted by atomic mass is 10.3. The van der Waals surface area contributed by atoms with Crippen LogP contribution in [0.5, 0.6) is 0 Å². The SMILES string of the molecule is [N-]=[N+]=Nc1ccc(Cl)c(F)c1F. The van der Waals surface area contributed by atoms with Crippen LogP contribution >= 0.6 is 11.6 Å². The molecule has 0 radical (unpaired) electrons. The summed E-state index contributed by atoms with van der Waals surface area (Å²) in [6.45, 7) is 0. The Morgan fingerprint density at radius 3 is 2.58 bits per heavy atom. The molecule has 1 aromatic rings. The van der Waals surface area contributed by atoms with Crippen molar-refractivity contribution in [3.63, 3.8) is 0 Å². The van der Waals surface area contributed by atoms with Crippen molar-refractivity contribution in [2.45, 2.75) is 0 Å². The second-order valence-electron chi connectivity index (χ2n) is 1.88. The molecule has 1 aromatic carbocycles. The molecule has 62 valence electrons. The summed E-state index contributed by atoms with van der Waals surface area (Å²) < 4.78 is 25.3. The van der Waals surface area contributed by atoms with Crippen LogP contribution in [0.25, 0.3) is 10.4 Å². The van der Waals surface area contributed by atoms with Crippen LogP contribution in [0.2, 0.25) is 5.02 Å². The monoisotopic (exact) mass is 189 g/mol. The molecule has 0 saturated carbocycles. The zero-order valence-corrected chi connectivity index (χ0v) is 6.39. The van der Waals surface area contributed by atoms with Gasteiger partial charge in [-0.2, -0.15) is 0 Å². The van der Waals surface area contributed by atoms with Gasteiger partial charge >= 0.3 is 0 Å². The second kappa shape index (κ2) is 3.38. The minimum Gasteiger partial charge on any atom is -0.203 e. The highest BCUT2D eigenvalue weighted by atomic mass is 35.5. The molecule has 1 rings (SSSR count). The van der Waals surface area contributed by atoms with Gasteiger partial charge in [-0.1, -0.05) is 16.7 Å². The fourth-order valence-corrected chi connectivity index (χ4v) is 0.787. The van der Waals surface area contributed by atoms with Crippen molar-refractivity contribution in [2.75, 3.05) is 0 Å². The Hall–Kier alpha value is -1.32. The molecule has 0 saturated heterocycles. The average molecular weight is 190 g/mol. The van der Waals surface area contributed by atoms with E-state index in [1.54, 1.807) is 0 Å². The normalized spacial score (nSPS) is 9.25. The summed E-state index contributed by atoms with van der Waals surface area (Å²) in [5.74, 6) is -2.44. The Labute approximate surface area is 71.2 Å². The first-order valence-electron chi connectivity index (χ1n) is 2.85. The van der Waals surface area contributed by atoms with Crippen molar-refractivity contribution in [1.82, 2.24) is 0 Å². The van der Waals surface area contributed by atoms with Crippen LogP contribution in [0.1, 0.15) is 0 Å². The Morgan fingerprint density at radius 1 is 1.33 bits per heavy atom. The number of rotatable bonds is 1. The zero-order chi connectivity index (χ0) is 9.14. The summed E-state index contributed by atoms with van der Waals surface area (Å²) in [6, 6.07) is 2.21. The summed E-state index contributed by atoms with van der Waals surface area (Å²) in [6.07, 6.45) is 0. The molecule has 0 aliphatic rings. The van der Waals surface area contributed by atoms with Crippen LogP contribution in [0.3, 0.4) is 0 Å². The first kappa shape index (κ1) is 8.77. The van der Waals surface area contributed by atoms with Crippen LogP contribution in [0, 0.1) is 11.6 Å². The van der Waals surface area contributed by atoms with Crippen molar-refractivity contribution in [1.29, 1.82) is 0 Å². The molecule has 0 atom stereocenters. The van der Waals surface area contributed by atoms with E-state index in [1.807, 2.05) is 0 Å². The van der Waals surface area contributed by atoms with E-state index < -0.39 is 17.3 Å². The largest absolute Gasteiger partial charge is 0.203 e. The summed E-state index contributed by atoms with van der Waals surface area (Å²) in [5.41, 5.74) is 7.54. The second-order valence-corrected chi connectivity index (χ2v) is 2.29. The minimum atomic E-state index is -1.24. The van der Waals surface area contributed by atoms with Gasteiger partial charge in [-0.25, -0.2) is 8.78 Å². The number of nitrogens with zero attached hydrogens (tertiary/aromatic N) is 3. The summed E-state index contributed by atoms with van der Waals surface area (Å²) in [7, 11) is 0. The Kier molecular flexibility index (Phi) is 2.47. The molecule has 0 heterocycles. The van der Waals surface area contributed by atoms with E-state index >= 15 is 0 Å². The minimum absolute atomic E-state index is 0.343. The fourth-order valence-electron chi connectivity index (χ4n) is 0.641. The van der Waals surface area contributed by atoms with Crippen molar-refractivity contribution < 1.29 is 8.78 Å². The molecule has 3 nitrogen and oxygen atoms in total. The van der Waals surface area contributed by atoms with E-state index in [9.17, 15) is 8.78 Å². The number of benzene rings is 1. The van der Waals surface area contributed by atoms with Crippen LogP contribution in [0.4, 0.5) is 14.5 Å². The molecule has 0 N–H and O–H groups in total. The van der Waals surface area contributed by atoms with Crippen LogP contribution in [0.15, 0.2) is 17.2 Å². The van der Waals surface area contributed by atoms with E-state index in [0.29, 0.717) is 0 Å². The van der Waals surface area contributed by atoms with Crippen molar-refractivity contribution >= 4 is 17.3 Å². The molecule has 0 amide bonds. The maximum Gasteiger partial charge on any atom is 0.177 e. The molecular formula is C6H2ClF2N3. The van der Waals surface area contributed by atoms with Gasteiger partial charge in [-0.3, -0.25) is 0 Å². The topological polar surface area (TPSA) is 48.8 Å². The molecule has 0 aliphatic heterocycles. The number of hydrogen-bond acceptors (Lipinski definition) is 1. The summed E-state index contributed by atoms with van der Waals surface area (Å²) in [4.78, 5) is 2.31. The van der Waals surface area contributed by atoms with Crippen LogP contribution in [-0.2, 0) is 0 Å². The van der Waals surface area contributed by atoms with Gasteiger partial charge in [-0.05, 0) is 17.7 Å². The molecular weight excluding hydrogens is 188 g/mol. The molecule has 0 unspecified atom stereocenters. The molecule has 0 aliphatic carbocycles. The van der Waals surface area contributed by atoms with E-state index in [0.717, 1.165) is 12.1 Å². The lowest BCUT2D eigenvalue weighted by Gasteiger charge is -1.97. The molecule has 0 aromatic heterocycles. The highest BCUT2D eigenvalue weighted by Gasteiger charge is 2.09. The smallest absolute Gasteiger partial charge is 0.177 e. The van der Waals surface area contributed by atoms with Crippen molar-refractivity contribution in [3.8, 4) is 0 Å². The lowest BCUT2D eigenvalue weighted by molar-refractivity contribution is 0.511. The van der Waals surface area contributed by atoms with Crippen molar-refractivity contribution in [3.05, 3.63) is 39.2 Å². The highest BCUT2D eigenvalue weighted by Crippen LogP contribution is 2.25. The van der Waals surface area contributed by atoms with Gasteiger partial charge in [-0.15, -0.1) is 0 Å². The van der Waals surface area contributed by atoms with Crippen molar-refractivity contribution in [2.24, 2.45) is 5.11 Å². The standard InChI is InChI=1S/C6H2ClF2N3/c7-3-1-2-4(11-12-10)6(9)5(3)8/h1-2H. The fraction of sp³-hybridized carbons (Fsp3) is 0. The Morgan fingerprint density at radius 2 is 2.00 bits per heavy atom. The van der Waals surface area contributed by atoms with E-state index in [1.165, 1.54) is 0 Å². The lowest BCUT2D eigenvalue weighted by Crippen LogP contribution is -1.84. The number of hydrogen-bond donors (Lipinski definition) is 0. The van der Waals surface area contributed by atoms with Crippen LogP contribution < -0.4 is 0 Å². The van der Waals surface area contributed by atoms with Gasteiger partial charge in [0.05, 0.1) is 10.7 Å². The maximum atomic E-state index is 12.7. The Balaban J connectivity index is 3.35. The molecule has 0 bridgehead atoms. The first-order chi connectivity index (χ1) is 5.66. The van der Waals surface area contributed by atoms with Crippen LogP contribution in [-0.4, -0.2) is 0 Å². The van der Waals surface area contributed by atoms with E-state index in [-0.39, 0.29) is 5.02 Å². The Bertz CT molecular complexity index is 360.